The molecule has 0 saturated heterocycles. The summed E-state index contributed by atoms with van der Waals surface area (Å²) in [5, 5.41) is 4.81. The third-order valence-electron chi connectivity index (χ3n) is 3.08. The van der Waals surface area contributed by atoms with Gasteiger partial charge in [0.25, 0.3) is 0 Å². The zero-order chi connectivity index (χ0) is 15.9. The molecule has 1 amide bonds. The highest BCUT2D eigenvalue weighted by Crippen LogP contribution is 2.24. The predicted molar refractivity (Wildman–Crippen MR) is 79.6 cm³/mol. The molecule has 0 radical (unpaired) electrons. The molecular weight excluding hydrogens is 306 g/mol. The zero-order valence-electron chi connectivity index (χ0n) is 12.6. The molecule has 0 aromatic carbocycles. The van der Waals surface area contributed by atoms with E-state index in [1.165, 1.54) is 6.33 Å². The molecule has 3 rings (SSSR count). The van der Waals surface area contributed by atoms with Gasteiger partial charge in [-0.1, -0.05) is 11.6 Å². The first-order chi connectivity index (χ1) is 10.3. The number of amides is 1. The van der Waals surface area contributed by atoms with Crippen LogP contribution in [0, 0.1) is 0 Å². The summed E-state index contributed by atoms with van der Waals surface area (Å²) < 4.78 is 7.01. The van der Waals surface area contributed by atoms with Gasteiger partial charge in [-0.25, -0.2) is 19.4 Å². The molecule has 0 atom stereocenters. The Kier molecular flexibility index (Phi) is 3.52. The van der Waals surface area contributed by atoms with Crippen LogP contribution in [0.3, 0.4) is 0 Å². The molecule has 1 aliphatic heterocycles. The summed E-state index contributed by atoms with van der Waals surface area (Å²) in [6.45, 7) is 6.44. The van der Waals surface area contributed by atoms with E-state index in [0.29, 0.717) is 24.1 Å². The summed E-state index contributed by atoms with van der Waals surface area (Å²) >= 11 is 5.85. The summed E-state index contributed by atoms with van der Waals surface area (Å²) in [7, 11) is 0. The number of carbonyl (C=O) groups excluding carboxylic acids is 1. The average Bonchev–Trinajstić information content (AvgIpc) is 2.94. The van der Waals surface area contributed by atoms with Crippen molar-refractivity contribution in [2.24, 2.45) is 0 Å². The molecule has 1 aliphatic rings. The van der Waals surface area contributed by atoms with Crippen molar-refractivity contribution < 1.29 is 9.53 Å². The molecule has 2 aromatic heterocycles. The summed E-state index contributed by atoms with van der Waals surface area (Å²) in [6.07, 6.45) is 2.90. The normalized spacial score (nSPS) is 14.1. The van der Waals surface area contributed by atoms with E-state index < -0.39 is 5.60 Å². The van der Waals surface area contributed by atoms with Crippen LogP contribution in [0.5, 0.6) is 0 Å². The molecule has 116 valence electrons. The first kappa shape index (κ1) is 14.8. The predicted octanol–water partition coefficient (Wildman–Crippen LogP) is 2.57. The third kappa shape index (κ3) is 3.04. The van der Waals surface area contributed by atoms with E-state index in [2.05, 4.69) is 15.1 Å². The Morgan fingerprint density at radius 1 is 1.32 bits per heavy atom. The van der Waals surface area contributed by atoms with Gasteiger partial charge >= 0.3 is 6.09 Å². The fourth-order valence-corrected chi connectivity index (χ4v) is 2.32. The van der Waals surface area contributed by atoms with E-state index in [0.717, 1.165) is 11.3 Å². The van der Waals surface area contributed by atoms with Crippen molar-refractivity contribution in [3.05, 3.63) is 35.0 Å². The van der Waals surface area contributed by atoms with Crippen molar-refractivity contribution in [2.45, 2.75) is 39.5 Å². The number of nitrogens with zero attached hydrogens (tertiary/aromatic N) is 5. The Morgan fingerprint density at radius 2 is 2.09 bits per heavy atom. The number of ether oxygens (including phenoxy) is 1. The average molecular weight is 322 g/mol. The molecule has 0 spiro atoms. The summed E-state index contributed by atoms with van der Waals surface area (Å²) in [5.41, 5.74) is 1.30. The second-order valence-electron chi connectivity index (χ2n) is 6.08. The number of fused-ring (bicyclic) bond motifs is 1. The quantitative estimate of drug-likeness (QED) is 0.755. The standard InChI is InChI=1S/C14H16ClN5O2/c1-14(2,3)22-13(21)19-5-9-6-20(18-10(9)7-19)12-4-11(15)16-8-17-12/h4,6,8H,5,7H2,1-3H3. The van der Waals surface area contributed by atoms with E-state index in [1.807, 2.05) is 27.0 Å². The van der Waals surface area contributed by atoms with E-state index >= 15 is 0 Å². The highest BCUT2D eigenvalue weighted by molar-refractivity contribution is 6.29. The molecule has 0 unspecified atom stereocenters. The van der Waals surface area contributed by atoms with Gasteiger partial charge in [0, 0.05) is 17.8 Å². The van der Waals surface area contributed by atoms with E-state index in [-0.39, 0.29) is 6.09 Å². The fourth-order valence-electron chi connectivity index (χ4n) is 2.18. The first-order valence-corrected chi connectivity index (χ1v) is 7.23. The maximum absolute atomic E-state index is 12.1. The lowest BCUT2D eigenvalue weighted by molar-refractivity contribution is 0.0239. The smallest absolute Gasteiger partial charge is 0.410 e. The van der Waals surface area contributed by atoms with Gasteiger partial charge in [0.05, 0.1) is 18.8 Å². The van der Waals surface area contributed by atoms with Crippen LogP contribution >= 0.6 is 11.6 Å². The number of carbonyl (C=O) groups is 1. The van der Waals surface area contributed by atoms with Crippen LogP contribution in [0.1, 0.15) is 32.0 Å². The number of aromatic nitrogens is 4. The summed E-state index contributed by atoms with van der Waals surface area (Å²) in [6, 6.07) is 1.63. The molecule has 0 fully saturated rings. The number of rotatable bonds is 1. The van der Waals surface area contributed by atoms with E-state index in [9.17, 15) is 4.79 Å². The van der Waals surface area contributed by atoms with E-state index in [4.69, 9.17) is 16.3 Å². The van der Waals surface area contributed by atoms with Crippen molar-refractivity contribution in [1.29, 1.82) is 0 Å². The minimum absolute atomic E-state index is 0.331. The largest absolute Gasteiger partial charge is 0.444 e. The van der Waals surface area contributed by atoms with Crippen LogP contribution in [-0.2, 0) is 17.8 Å². The van der Waals surface area contributed by atoms with Crippen molar-refractivity contribution in [3.8, 4) is 5.82 Å². The van der Waals surface area contributed by atoms with Gasteiger partial charge in [0.15, 0.2) is 5.82 Å². The molecule has 8 heteroatoms. The van der Waals surface area contributed by atoms with Crippen molar-refractivity contribution in [2.75, 3.05) is 0 Å². The van der Waals surface area contributed by atoms with Crippen LogP contribution in [0.15, 0.2) is 18.6 Å². The monoisotopic (exact) mass is 321 g/mol. The van der Waals surface area contributed by atoms with Crippen LogP contribution in [0.25, 0.3) is 5.82 Å². The molecule has 22 heavy (non-hydrogen) atoms. The Bertz CT molecular complexity index is 699. The van der Waals surface area contributed by atoms with Gasteiger partial charge in [0.2, 0.25) is 0 Å². The fraction of sp³-hybridized carbons (Fsp3) is 0.429. The van der Waals surface area contributed by atoms with Crippen LogP contribution in [0.4, 0.5) is 4.79 Å². The lowest BCUT2D eigenvalue weighted by Gasteiger charge is -2.24. The topological polar surface area (TPSA) is 73.1 Å². The van der Waals surface area contributed by atoms with E-state index in [1.54, 1.807) is 15.6 Å². The molecule has 0 N–H and O–H groups in total. The Balaban J connectivity index is 1.74. The van der Waals surface area contributed by atoms with Gasteiger partial charge in [-0.05, 0) is 20.8 Å². The molecule has 7 nitrogen and oxygen atoms in total. The molecule has 0 aliphatic carbocycles. The highest BCUT2D eigenvalue weighted by Gasteiger charge is 2.30. The summed E-state index contributed by atoms with van der Waals surface area (Å²) in [4.78, 5) is 21.6. The van der Waals surface area contributed by atoms with Crippen molar-refractivity contribution >= 4 is 17.7 Å². The lowest BCUT2D eigenvalue weighted by Crippen LogP contribution is -2.33. The molecule has 3 heterocycles. The number of hydrogen-bond donors (Lipinski definition) is 0. The number of halogens is 1. The Morgan fingerprint density at radius 3 is 2.73 bits per heavy atom. The van der Waals surface area contributed by atoms with Gasteiger partial charge in [-0.2, -0.15) is 5.10 Å². The Hall–Kier alpha value is -2.15. The number of hydrogen-bond acceptors (Lipinski definition) is 5. The van der Waals surface area contributed by atoms with Gasteiger partial charge in [-0.15, -0.1) is 0 Å². The van der Waals surface area contributed by atoms with Crippen LogP contribution in [0.2, 0.25) is 5.15 Å². The van der Waals surface area contributed by atoms with Crippen molar-refractivity contribution in [1.82, 2.24) is 24.6 Å². The second kappa shape index (κ2) is 5.24. The Labute approximate surface area is 132 Å². The van der Waals surface area contributed by atoms with Crippen LogP contribution in [-0.4, -0.2) is 36.3 Å². The van der Waals surface area contributed by atoms with Gasteiger partial charge in [0.1, 0.15) is 17.1 Å². The van der Waals surface area contributed by atoms with Crippen molar-refractivity contribution in [3.63, 3.8) is 0 Å². The van der Waals surface area contributed by atoms with Gasteiger partial charge < -0.3 is 4.74 Å². The third-order valence-corrected chi connectivity index (χ3v) is 3.29. The maximum atomic E-state index is 12.1. The maximum Gasteiger partial charge on any atom is 0.410 e. The second-order valence-corrected chi connectivity index (χ2v) is 6.47. The minimum Gasteiger partial charge on any atom is -0.444 e. The first-order valence-electron chi connectivity index (χ1n) is 6.85. The lowest BCUT2D eigenvalue weighted by atomic mass is 10.2. The molecular formula is C14H16ClN5O2. The summed E-state index contributed by atoms with van der Waals surface area (Å²) in [5.74, 6) is 0.596. The zero-order valence-corrected chi connectivity index (χ0v) is 13.3. The highest BCUT2D eigenvalue weighted by atomic mass is 35.5. The minimum atomic E-state index is -0.505. The van der Waals surface area contributed by atoms with Crippen LogP contribution < -0.4 is 0 Å². The SMILES string of the molecule is CC(C)(C)OC(=O)N1Cc2cn(-c3cc(Cl)ncn3)nc2C1. The molecule has 0 bridgehead atoms. The molecule has 0 saturated carbocycles. The molecule has 2 aromatic rings. The van der Waals surface area contributed by atoms with Gasteiger partial charge in [-0.3, -0.25) is 4.90 Å².